The molecule has 1 fully saturated rings. The van der Waals surface area contributed by atoms with Gasteiger partial charge in [-0.3, -0.25) is 9.59 Å². The van der Waals surface area contributed by atoms with Crippen LogP contribution in [0.2, 0.25) is 5.02 Å². The fraction of sp³-hybridized carbons (Fsp3) is 0.500. The Morgan fingerprint density at radius 1 is 1.43 bits per heavy atom. The van der Waals surface area contributed by atoms with Crippen LogP contribution < -0.4 is 11.1 Å². The van der Waals surface area contributed by atoms with E-state index in [0.717, 1.165) is 0 Å². The zero-order valence-electron chi connectivity index (χ0n) is 13.1. The molecule has 0 saturated carbocycles. The summed E-state index contributed by atoms with van der Waals surface area (Å²) in [6.07, 6.45) is 0.329. The molecule has 0 bridgehead atoms. The normalized spacial score (nSPS) is 21.2. The Kier molecular flexibility index (Phi) is 5.26. The van der Waals surface area contributed by atoms with Crippen LogP contribution in [-0.2, 0) is 19.7 Å². The molecular formula is C16H20ClFN2O3. The van der Waals surface area contributed by atoms with Crippen molar-refractivity contribution in [2.24, 2.45) is 5.73 Å². The van der Waals surface area contributed by atoms with Crippen molar-refractivity contribution in [2.75, 3.05) is 6.54 Å². The molecule has 1 aliphatic heterocycles. The van der Waals surface area contributed by atoms with Crippen molar-refractivity contribution in [2.45, 2.75) is 44.3 Å². The number of carbonyl (C=O) groups excluding carboxylic acids is 2. The number of hydrogen-bond donors (Lipinski definition) is 2. The van der Waals surface area contributed by atoms with E-state index in [1.165, 1.54) is 12.1 Å². The van der Waals surface area contributed by atoms with Crippen LogP contribution in [-0.4, -0.2) is 30.6 Å². The van der Waals surface area contributed by atoms with Gasteiger partial charge in [0.25, 0.3) is 0 Å². The molecule has 126 valence electrons. The van der Waals surface area contributed by atoms with Crippen molar-refractivity contribution >= 4 is 23.4 Å². The molecule has 0 aromatic heterocycles. The van der Waals surface area contributed by atoms with Crippen LogP contribution >= 0.6 is 11.6 Å². The summed E-state index contributed by atoms with van der Waals surface area (Å²) >= 11 is 5.74. The van der Waals surface area contributed by atoms with Crippen molar-refractivity contribution in [3.63, 3.8) is 0 Å². The molecular weight excluding hydrogens is 323 g/mol. The van der Waals surface area contributed by atoms with Gasteiger partial charge in [0.2, 0.25) is 11.8 Å². The summed E-state index contributed by atoms with van der Waals surface area (Å²) in [4.78, 5) is 23.5. The van der Waals surface area contributed by atoms with E-state index >= 15 is 0 Å². The summed E-state index contributed by atoms with van der Waals surface area (Å²) in [5.74, 6) is -1.35. The summed E-state index contributed by atoms with van der Waals surface area (Å²) < 4.78 is 19.5. The highest BCUT2D eigenvalue weighted by atomic mass is 35.5. The lowest BCUT2D eigenvalue weighted by atomic mass is 9.83. The standard InChI is InChI=1S/C16H20ClFN2O3/c1-16(2,11-5-3-9(17)7-12(11)18)15(22)20-8-10-4-6-13(23-10)14(19)21/h3,5,7,10,13H,4,6,8H2,1-2H3,(H2,19,21)(H,20,22). The largest absolute Gasteiger partial charge is 0.367 e. The number of rotatable bonds is 5. The maximum absolute atomic E-state index is 14.0. The molecule has 5 nitrogen and oxygen atoms in total. The van der Waals surface area contributed by atoms with Gasteiger partial charge >= 0.3 is 0 Å². The number of halogens is 2. The highest BCUT2D eigenvalue weighted by Gasteiger charge is 2.34. The first-order chi connectivity index (χ1) is 10.7. The monoisotopic (exact) mass is 342 g/mol. The first kappa shape index (κ1) is 17.7. The fourth-order valence-electron chi connectivity index (χ4n) is 2.61. The molecule has 2 rings (SSSR count). The van der Waals surface area contributed by atoms with Gasteiger partial charge in [0.1, 0.15) is 11.9 Å². The number of primary amides is 1. The second kappa shape index (κ2) is 6.84. The average molecular weight is 343 g/mol. The van der Waals surface area contributed by atoms with Gasteiger partial charge in [-0.15, -0.1) is 0 Å². The predicted octanol–water partition coefficient (Wildman–Crippen LogP) is 1.91. The van der Waals surface area contributed by atoms with E-state index in [2.05, 4.69) is 5.32 Å². The Hall–Kier alpha value is -1.66. The Morgan fingerprint density at radius 2 is 2.13 bits per heavy atom. The lowest BCUT2D eigenvalue weighted by molar-refractivity contribution is -0.129. The number of carbonyl (C=O) groups is 2. The van der Waals surface area contributed by atoms with E-state index in [0.29, 0.717) is 12.8 Å². The van der Waals surface area contributed by atoms with E-state index < -0.39 is 23.2 Å². The van der Waals surface area contributed by atoms with Gasteiger partial charge in [0, 0.05) is 17.1 Å². The Labute approximate surface area is 139 Å². The number of amides is 2. The van der Waals surface area contributed by atoms with Gasteiger partial charge in [-0.2, -0.15) is 0 Å². The molecule has 2 atom stereocenters. The molecule has 0 radical (unpaired) electrons. The summed E-state index contributed by atoms with van der Waals surface area (Å²) in [6, 6.07) is 4.24. The first-order valence-electron chi connectivity index (χ1n) is 7.40. The average Bonchev–Trinajstić information content (AvgIpc) is 2.93. The number of benzene rings is 1. The highest BCUT2D eigenvalue weighted by molar-refractivity contribution is 6.30. The van der Waals surface area contributed by atoms with Gasteiger partial charge in [-0.1, -0.05) is 17.7 Å². The Morgan fingerprint density at radius 3 is 2.70 bits per heavy atom. The van der Waals surface area contributed by atoms with E-state index in [1.54, 1.807) is 19.9 Å². The Bertz CT molecular complexity index is 621. The summed E-state index contributed by atoms with van der Waals surface area (Å²) in [5, 5.41) is 3.03. The molecule has 7 heteroatoms. The van der Waals surface area contributed by atoms with Crippen molar-refractivity contribution in [1.29, 1.82) is 0 Å². The maximum Gasteiger partial charge on any atom is 0.246 e. The minimum absolute atomic E-state index is 0.251. The summed E-state index contributed by atoms with van der Waals surface area (Å²) in [6.45, 7) is 3.52. The fourth-order valence-corrected chi connectivity index (χ4v) is 2.77. The molecule has 1 saturated heterocycles. The highest BCUT2D eigenvalue weighted by Crippen LogP contribution is 2.28. The minimum atomic E-state index is -1.06. The number of hydrogen-bond acceptors (Lipinski definition) is 3. The lowest BCUT2D eigenvalue weighted by Crippen LogP contribution is -2.43. The second-order valence-electron chi connectivity index (χ2n) is 6.19. The Balaban J connectivity index is 1.98. The van der Waals surface area contributed by atoms with Crippen LogP contribution in [0.15, 0.2) is 18.2 Å². The third kappa shape index (κ3) is 4.00. The number of ether oxygens (including phenoxy) is 1. The van der Waals surface area contributed by atoms with Crippen LogP contribution in [0.4, 0.5) is 4.39 Å². The molecule has 1 aromatic rings. The number of nitrogens with one attached hydrogen (secondary N) is 1. The summed E-state index contributed by atoms with van der Waals surface area (Å²) in [5.41, 5.74) is 4.39. The van der Waals surface area contributed by atoms with E-state index in [1.807, 2.05) is 0 Å². The topological polar surface area (TPSA) is 81.4 Å². The molecule has 0 spiro atoms. The molecule has 0 aliphatic carbocycles. The molecule has 23 heavy (non-hydrogen) atoms. The second-order valence-corrected chi connectivity index (χ2v) is 6.62. The molecule has 1 aromatic carbocycles. The molecule has 3 N–H and O–H groups in total. The van der Waals surface area contributed by atoms with Crippen LogP contribution in [0.3, 0.4) is 0 Å². The number of nitrogens with two attached hydrogens (primary N) is 1. The van der Waals surface area contributed by atoms with Gasteiger partial charge < -0.3 is 15.8 Å². The predicted molar refractivity (Wildman–Crippen MR) is 84.5 cm³/mol. The van der Waals surface area contributed by atoms with Gasteiger partial charge in [0.05, 0.1) is 11.5 Å². The van der Waals surface area contributed by atoms with Gasteiger partial charge in [-0.05, 0) is 38.8 Å². The third-order valence-electron chi connectivity index (χ3n) is 4.09. The lowest BCUT2D eigenvalue weighted by Gasteiger charge is -2.25. The maximum atomic E-state index is 14.0. The van der Waals surface area contributed by atoms with Gasteiger partial charge in [0.15, 0.2) is 0 Å². The third-order valence-corrected chi connectivity index (χ3v) is 4.32. The zero-order chi connectivity index (χ0) is 17.2. The van der Waals surface area contributed by atoms with Crippen LogP contribution in [0.1, 0.15) is 32.3 Å². The van der Waals surface area contributed by atoms with Crippen LogP contribution in [0, 0.1) is 5.82 Å². The van der Waals surface area contributed by atoms with Crippen LogP contribution in [0.25, 0.3) is 0 Å². The van der Waals surface area contributed by atoms with Crippen molar-refractivity contribution in [1.82, 2.24) is 5.32 Å². The van der Waals surface area contributed by atoms with Crippen LogP contribution in [0.5, 0.6) is 0 Å². The van der Waals surface area contributed by atoms with E-state index in [9.17, 15) is 14.0 Å². The quantitative estimate of drug-likeness (QED) is 0.857. The van der Waals surface area contributed by atoms with Crippen molar-refractivity contribution in [3.8, 4) is 0 Å². The molecule has 2 unspecified atom stereocenters. The zero-order valence-corrected chi connectivity index (χ0v) is 13.8. The summed E-state index contributed by atoms with van der Waals surface area (Å²) in [7, 11) is 0. The molecule has 1 aliphatic rings. The van der Waals surface area contributed by atoms with Gasteiger partial charge in [-0.25, -0.2) is 4.39 Å². The molecule has 2 amide bonds. The van der Waals surface area contributed by atoms with Crippen molar-refractivity contribution in [3.05, 3.63) is 34.6 Å². The SMILES string of the molecule is CC(C)(C(=O)NCC1CCC(C(N)=O)O1)c1ccc(Cl)cc1F. The first-order valence-corrected chi connectivity index (χ1v) is 7.78. The van der Waals surface area contributed by atoms with E-state index in [4.69, 9.17) is 22.1 Å². The molecule has 1 heterocycles. The van der Waals surface area contributed by atoms with Crippen molar-refractivity contribution < 1.29 is 18.7 Å². The smallest absolute Gasteiger partial charge is 0.246 e. The minimum Gasteiger partial charge on any atom is -0.367 e. The van der Waals surface area contributed by atoms with E-state index in [-0.39, 0.29) is 29.1 Å².